The van der Waals surface area contributed by atoms with E-state index < -0.39 is 80.9 Å². The second-order valence-corrected chi connectivity index (χ2v) is 14.9. The molecule has 2 aromatic rings. The maximum absolute atomic E-state index is 13.7. The Morgan fingerprint density at radius 3 is 2.14 bits per heavy atom. The molecule has 0 spiro atoms. The van der Waals surface area contributed by atoms with Crippen LogP contribution in [0.15, 0.2) is 75.9 Å². The molecule has 2 unspecified atom stereocenters. The molecule has 2 saturated heterocycles. The quantitative estimate of drug-likeness (QED) is 0.114. The first-order valence-corrected chi connectivity index (χ1v) is 18.3. The second kappa shape index (κ2) is 16.4. The van der Waals surface area contributed by atoms with Crippen LogP contribution in [-0.2, 0) is 41.9 Å². The predicted molar refractivity (Wildman–Crippen MR) is 195 cm³/mol. The number of amides is 3. The number of nitro benzene ring substituents is 2. The third-order valence-electron chi connectivity index (χ3n) is 9.89. The van der Waals surface area contributed by atoms with E-state index in [1.807, 2.05) is 6.92 Å². The summed E-state index contributed by atoms with van der Waals surface area (Å²) in [5.74, 6) is -3.93. The highest BCUT2D eigenvalue weighted by Crippen LogP contribution is 2.52. The number of aliphatic hydroxyl groups is 2. The van der Waals surface area contributed by atoms with Crippen molar-refractivity contribution in [2.24, 2.45) is 16.8 Å². The molecule has 3 amide bonds. The number of nitrogens with zero attached hydrogens (tertiary/aromatic N) is 5. The standard InChI is InChI=1S/C36H36N6O13S/c1-18-30-29(19(2)43)34(47)40(30)31(35(48)54-16-20-3-7-22(8-4-20)41(50)51)32(18)56-25-11-24(13-38-33(46)26-12-27(44)28(45)14-37-26)39(15-25)36(49)55-17-21-5-9-23(10-6-21)42(52)53/h3-10,12,14,18-19,24-25,28-30,43,45H,11,13,15-17H2,1-2H3,(H,38,46)/t18-,19?,24+,25+,28?,29-,30-/m1/s1. The Balaban J connectivity index is 1.21. The number of carbonyl (C=O) groups is 5. The zero-order valence-corrected chi connectivity index (χ0v) is 30.7. The van der Waals surface area contributed by atoms with Gasteiger partial charge in [0.25, 0.3) is 17.3 Å². The lowest BCUT2D eigenvalue weighted by molar-refractivity contribution is -0.385. The maximum Gasteiger partial charge on any atom is 0.410 e. The van der Waals surface area contributed by atoms with E-state index in [4.69, 9.17) is 9.47 Å². The first kappa shape index (κ1) is 39.7. The molecule has 4 aliphatic rings. The molecule has 3 N–H and O–H groups in total. The van der Waals surface area contributed by atoms with Crippen LogP contribution in [-0.4, -0.2) is 108 Å². The summed E-state index contributed by atoms with van der Waals surface area (Å²) >= 11 is 1.25. The fourth-order valence-corrected chi connectivity index (χ4v) is 8.56. The number of aliphatic imine (C=N–C) groups is 1. The van der Waals surface area contributed by atoms with E-state index in [-0.39, 0.29) is 55.5 Å². The fraction of sp³-hybridized carbons (Fsp3) is 0.389. The van der Waals surface area contributed by atoms with Gasteiger partial charge in [0.1, 0.15) is 24.6 Å². The molecule has 4 aliphatic heterocycles. The Bertz CT molecular complexity index is 2050. The van der Waals surface area contributed by atoms with Gasteiger partial charge in [-0.15, -0.1) is 11.8 Å². The number of carbonyl (C=O) groups excluding carboxylic acids is 5. The van der Waals surface area contributed by atoms with Gasteiger partial charge >= 0.3 is 12.1 Å². The number of nitro groups is 2. The number of aliphatic hydroxyl groups excluding tert-OH is 2. The van der Waals surface area contributed by atoms with Crippen molar-refractivity contribution in [3.8, 4) is 0 Å². The summed E-state index contributed by atoms with van der Waals surface area (Å²) in [5.41, 5.74) is 0.431. The highest BCUT2D eigenvalue weighted by Gasteiger charge is 2.60. The van der Waals surface area contributed by atoms with E-state index in [1.54, 1.807) is 0 Å². The molecule has 0 aromatic heterocycles. The highest BCUT2D eigenvalue weighted by molar-refractivity contribution is 8.03. The van der Waals surface area contributed by atoms with E-state index >= 15 is 0 Å². The summed E-state index contributed by atoms with van der Waals surface area (Å²) in [6, 6.07) is 9.66. The molecule has 19 nitrogen and oxygen atoms in total. The van der Waals surface area contributed by atoms with Crippen molar-refractivity contribution in [2.75, 3.05) is 13.1 Å². The number of thioether (sulfide) groups is 1. The average molecular weight is 793 g/mol. The van der Waals surface area contributed by atoms with Gasteiger partial charge in [-0.1, -0.05) is 6.92 Å². The number of hydrogen-bond acceptors (Lipinski definition) is 15. The monoisotopic (exact) mass is 792 g/mol. The Hall–Kier alpha value is -5.99. The Kier molecular flexibility index (Phi) is 11.6. The average Bonchev–Trinajstić information content (AvgIpc) is 3.68. The van der Waals surface area contributed by atoms with Gasteiger partial charge in [0.2, 0.25) is 5.91 Å². The molecule has 2 aromatic carbocycles. The highest BCUT2D eigenvalue weighted by atomic mass is 32.2. The molecule has 0 saturated carbocycles. The molecular formula is C36H36N6O13S. The van der Waals surface area contributed by atoms with Crippen LogP contribution < -0.4 is 5.32 Å². The second-order valence-electron chi connectivity index (χ2n) is 13.6. The van der Waals surface area contributed by atoms with Crippen molar-refractivity contribution in [1.29, 1.82) is 0 Å². The molecule has 56 heavy (non-hydrogen) atoms. The number of esters is 1. The molecule has 6 rings (SSSR count). The topological polar surface area (TPSA) is 261 Å². The van der Waals surface area contributed by atoms with E-state index in [2.05, 4.69) is 10.3 Å². The van der Waals surface area contributed by atoms with Crippen LogP contribution in [0, 0.1) is 32.1 Å². The summed E-state index contributed by atoms with van der Waals surface area (Å²) < 4.78 is 11.2. The van der Waals surface area contributed by atoms with Crippen LogP contribution in [0.25, 0.3) is 0 Å². The van der Waals surface area contributed by atoms with Crippen LogP contribution in [0.3, 0.4) is 0 Å². The molecule has 2 fully saturated rings. The number of β-lactam (4-membered cyclic amide) rings is 1. The number of hydrogen-bond donors (Lipinski definition) is 3. The molecule has 0 aliphatic carbocycles. The summed E-state index contributed by atoms with van der Waals surface area (Å²) in [4.78, 5) is 93.5. The molecule has 4 heterocycles. The van der Waals surface area contributed by atoms with E-state index in [1.165, 1.54) is 77.0 Å². The molecule has 0 bridgehead atoms. The van der Waals surface area contributed by atoms with Gasteiger partial charge in [-0.2, -0.15) is 0 Å². The van der Waals surface area contributed by atoms with Gasteiger partial charge in [-0.05, 0) is 48.7 Å². The van der Waals surface area contributed by atoms with Gasteiger partial charge in [0, 0.05) is 65.7 Å². The van der Waals surface area contributed by atoms with E-state index in [0.717, 1.165) is 12.3 Å². The van der Waals surface area contributed by atoms with Gasteiger partial charge < -0.3 is 34.8 Å². The van der Waals surface area contributed by atoms with Gasteiger partial charge in [-0.3, -0.25) is 39.6 Å². The van der Waals surface area contributed by atoms with Crippen molar-refractivity contribution in [3.63, 3.8) is 0 Å². The third kappa shape index (κ3) is 8.16. The number of ether oxygens (including phenoxy) is 2. The Labute approximate surface area is 322 Å². The zero-order valence-electron chi connectivity index (χ0n) is 29.9. The molecular weight excluding hydrogens is 756 g/mol. The van der Waals surface area contributed by atoms with Gasteiger partial charge in [-0.25, -0.2) is 9.59 Å². The van der Waals surface area contributed by atoms with Gasteiger partial charge in [0.05, 0.1) is 34.0 Å². The number of nitrogens with one attached hydrogen (secondary N) is 1. The number of ketones is 1. The van der Waals surface area contributed by atoms with Crippen LogP contribution in [0.5, 0.6) is 0 Å². The summed E-state index contributed by atoms with van der Waals surface area (Å²) in [6.45, 7) is 2.80. The molecule has 7 atom stereocenters. The molecule has 294 valence electrons. The Morgan fingerprint density at radius 2 is 1.59 bits per heavy atom. The summed E-state index contributed by atoms with van der Waals surface area (Å²) in [5, 5.41) is 44.4. The molecule has 0 radical (unpaired) electrons. The summed E-state index contributed by atoms with van der Waals surface area (Å²) in [7, 11) is 0. The zero-order chi connectivity index (χ0) is 40.4. The lowest BCUT2D eigenvalue weighted by Crippen LogP contribution is -2.63. The minimum Gasteiger partial charge on any atom is -0.456 e. The number of fused-ring (bicyclic) bond motifs is 1. The SMILES string of the molecule is CC(O)[C@H]1C(=O)N2C(C(=O)OCc3ccc([N+](=O)[O-])cc3)=C(S[C@H]3C[C@@H](CNC(=O)C4=CC(=O)C(O)C=N4)N(C(=O)OCc4ccc([N+](=O)[O-])cc4)C3)[C@H](C)[C@H]12. The van der Waals surface area contributed by atoms with Crippen LogP contribution >= 0.6 is 11.8 Å². The predicted octanol–water partition coefficient (Wildman–Crippen LogP) is 2.14. The number of benzene rings is 2. The van der Waals surface area contributed by atoms with E-state index in [9.17, 15) is 54.4 Å². The first-order chi connectivity index (χ1) is 26.6. The summed E-state index contributed by atoms with van der Waals surface area (Å²) in [6.07, 6.45) is -1.13. The van der Waals surface area contributed by atoms with Crippen LogP contribution in [0.2, 0.25) is 0 Å². The minimum absolute atomic E-state index is 0.00526. The van der Waals surface area contributed by atoms with Crippen molar-refractivity contribution in [1.82, 2.24) is 15.1 Å². The van der Waals surface area contributed by atoms with E-state index in [0.29, 0.717) is 16.0 Å². The smallest absolute Gasteiger partial charge is 0.410 e. The number of likely N-dealkylation sites (tertiary alicyclic amines) is 1. The minimum atomic E-state index is -1.46. The molecule has 20 heteroatoms. The normalized spacial score (nSPS) is 24.6. The number of non-ortho nitro benzene ring substituents is 2. The first-order valence-electron chi connectivity index (χ1n) is 17.4. The van der Waals surface area contributed by atoms with Crippen LogP contribution in [0.1, 0.15) is 31.4 Å². The Morgan fingerprint density at radius 1 is 1.00 bits per heavy atom. The van der Waals surface area contributed by atoms with Crippen LogP contribution in [0.4, 0.5) is 16.2 Å². The van der Waals surface area contributed by atoms with Crippen molar-refractivity contribution in [2.45, 2.75) is 63.0 Å². The number of rotatable bonds is 13. The lowest BCUT2D eigenvalue weighted by atomic mass is 9.79. The third-order valence-corrected chi connectivity index (χ3v) is 11.4. The maximum atomic E-state index is 13.7. The lowest BCUT2D eigenvalue weighted by Gasteiger charge is -2.46. The van der Waals surface area contributed by atoms with Crippen molar-refractivity contribution >= 4 is 59.0 Å². The van der Waals surface area contributed by atoms with Gasteiger partial charge in [0.15, 0.2) is 11.9 Å². The largest absolute Gasteiger partial charge is 0.456 e. The fourth-order valence-electron chi connectivity index (χ4n) is 7.00. The van der Waals surface area contributed by atoms with Crippen molar-refractivity contribution in [3.05, 3.63) is 102 Å². The van der Waals surface area contributed by atoms with Crippen molar-refractivity contribution < 1.29 is 53.5 Å².